The van der Waals surface area contributed by atoms with E-state index in [1.165, 1.54) is 5.69 Å². The predicted molar refractivity (Wildman–Crippen MR) is 86.7 cm³/mol. The Labute approximate surface area is 129 Å². The number of aromatic nitrogens is 2. The van der Waals surface area contributed by atoms with Crippen LogP contribution in [0, 0.1) is 0 Å². The van der Waals surface area contributed by atoms with Crippen molar-refractivity contribution in [2.75, 3.05) is 0 Å². The van der Waals surface area contributed by atoms with Crippen LogP contribution in [0.25, 0.3) is 0 Å². The van der Waals surface area contributed by atoms with Gasteiger partial charge in [0, 0.05) is 28.7 Å². The van der Waals surface area contributed by atoms with Crippen LogP contribution in [0.4, 0.5) is 0 Å². The fraction of sp³-hybridized carbons (Fsp3) is 0.438. The molecule has 0 aliphatic heterocycles. The van der Waals surface area contributed by atoms with E-state index in [4.69, 9.17) is 5.73 Å². The summed E-state index contributed by atoms with van der Waals surface area (Å²) in [5.74, 6) is 0. The lowest BCUT2D eigenvalue weighted by Crippen LogP contribution is -2.36. The van der Waals surface area contributed by atoms with Gasteiger partial charge in [-0.2, -0.15) is 5.10 Å². The maximum Gasteiger partial charge on any atom is 0.0624 e. The van der Waals surface area contributed by atoms with Crippen molar-refractivity contribution in [3.8, 4) is 0 Å². The molecule has 0 amide bonds. The van der Waals surface area contributed by atoms with E-state index >= 15 is 0 Å². The average Bonchev–Trinajstić information content (AvgIpc) is 2.80. The molecule has 0 radical (unpaired) electrons. The first-order valence-corrected chi connectivity index (χ1v) is 7.86. The van der Waals surface area contributed by atoms with Gasteiger partial charge in [0.1, 0.15) is 0 Å². The average molecular weight is 336 g/mol. The molecule has 2 rings (SSSR count). The number of benzene rings is 1. The number of hydrogen-bond donors (Lipinski definition) is 1. The fourth-order valence-electron chi connectivity index (χ4n) is 2.43. The maximum absolute atomic E-state index is 6.55. The largest absolute Gasteiger partial charge is 0.321 e. The number of hydrogen-bond acceptors (Lipinski definition) is 2. The van der Waals surface area contributed by atoms with Crippen molar-refractivity contribution in [1.29, 1.82) is 0 Å². The molecule has 2 N–H and O–H groups in total. The van der Waals surface area contributed by atoms with Gasteiger partial charge < -0.3 is 5.73 Å². The minimum absolute atomic E-state index is 0.401. The quantitative estimate of drug-likeness (QED) is 0.906. The van der Waals surface area contributed by atoms with Gasteiger partial charge in [-0.1, -0.05) is 35.0 Å². The predicted octanol–water partition coefficient (Wildman–Crippen LogP) is 3.64. The molecule has 1 unspecified atom stereocenters. The minimum atomic E-state index is -0.401. The molecule has 20 heavy (non-hydrogen) atoms. The Morgan fingerprint density at radius 3 is 2.65 bits per heavy atom. The van der Waals surface area contributed by atoms with Crippen molar-refractivity contribution >= 4 is 15.9 Å². The van der Waals surface area contributed by atoms with Crippen LogP contribution in [0.2, 0.25) is 0 Å². The van der Waals surface area contributed by atoms with Gasteiger partial charge in [0.2, 0.25) is 0 Å². The van der Waals surface area contributed by atoms with Crippen molar-refractivity contribution < 1.29 is 0 Å². The molecule has 0 saturated carbocycles. The molecule has 1 aromatic heterocycles. The first-order valence-electron chi connectivity index (χ1n) is 7.06. The van der Waals surface area contributed by atoms with Crippen LogP contribution in [-0.4, -0.2) is 9.78 Å². The van der Waals surface area contributed by atoms with Crippen LogP contribution in [0.15, 0.2) is 34.8 Å². The molecular formula is C16H22BrN3. The van der Waals surface area contributed by atoms with Gasteiger partial charge >= 0.3 is 0 Å². The second-order valence-electron chi connectivity index (χ2n) is 5.40. The molecule has 108 valence electrons. The topological polar surface area (TPSA) is 43.8 Å². The van der Waals surface area contributed by atoms with Gasteiger partial charge in [0.05, 0.1) is 5.69 Å². The lowest BCUT2D eigenvalue weighted by Gasteiger charge is -2.25. The second kappa shape index (κ2) is 6.10. The van der Waals surface area contributed by atoms with Crippen molar-refractivity contribution in [3.05, 3.63) is 51.8 Å². The molecule has 0 saturated heterocycles. The van der Waals surface area contributed by atoms with E-state index < -0.39 is 5.54 Å². The Bertz CT molecular complexity index is 587. The summed E-state index contributed by atoms with van der Waals surface area (Å²) >= 11 is 3.51. The summed E-state index contributed by atoms with van der Waals surface area (Å²) in [5, 5.41) is 4.59. The highest BCUT2D eigenvalue weighted by molar-refractivity contribution is 9.10. The van der Waals surface area contributed by atoms with Gasteiger partial charge in [-0.15, -0.1) is 0 Å². The number of nitrogens with two attached hydrogens (primary N) is 1. The lowest BCUT2D eigenvalue weighted by molar-refractivity contribution is 0.463. The number of halogens is 1. The summed E-state index contributed by atoms with van der Waals surface area (Å²) in [6.45, 7) is 7.20. The summed E-state index contributed by atoms with van der Waals surface area (Å²) in [5.41, 5.74) is 9.62. The molecule has 1 atom stereocenters. The van der Waals surface area contributed by atoms with Crippen LogP contribution < -0.4 is 5.73 Å². The highest BCUT2D eigenvalue weighted by Crippen LogP contribution is 2.25. The zero-order valence-corrected chi connectivity index (χ0v) is 13.9. The molecule has 2 aromatic rings. The van der Waals surface area contributed by atoms with Crippen molar-refractivity contribution in [2.24, 2.45) is 5.73 Å². The molecule has 1 heterocycles. The lowest BCUT2D eigenvalue weighted by atomic mass is 9.88. The van der Waals surface area contributed by atoms with Crippen molar-refractivity contribution in [1.82, 2.24) is 9.78 Å². The van der Waals surface area contributed by atoms with Crippen LogP contribution in [0.1, 0.15) is 37.7 Å². The number of rotatable bonds is 5. The Hall–Kier alpha value is -1.13. The van der Waals surface area contributed by atoms with Gasteiger partial charge in [-0.3, -0.25) is 4.68 Å². The smallest absolute Gasteiger partial charge is 0.0624 e. The highest BCUT2D eigenvalue weighted by atomic mass is 79.9. The first-order chi connectivity index (χ1) is 9.46. The number of nitrogens with zero attached hydrogens (tertiary/aromatic N) is 2. The summed E-state index contributed by atoms with van der Waals surface area (Å²) in [4.78, 5) is 0. The summed E-state index contributed by atoms with van der Waals surface area (Å²) in [6.07, 6.45) is 1.74. The van der Waals surface area contributed by atoms with Crippen molar-refractivity contribution in [3.63, 3.8) is 0 Å². The third-order valence-electron chi connectivity index (χ3n) is 3.61. The highest BCUT2D eigenvalue weighted by Gasteiger charge is 2.24. The standard InChI is InChI=1S/C16H22BrN3/c1-4-14-10-15(20(5-2)19-14)11-16(3,18)12-7-6-8-13(17)9-12/h6-10H,4-5,11,18H2,1-3H3. The monoisotopic (exact) mass is 335 g/mol. The summed E-state index contributed by atoms with van der Waals surface area (Å²) < 4.78 is 3.12. The van der Waals surface area contributed by atoms with Gasteiger partial charge in [0.15, 0.2) is 0 Å². The molecule has 3 nitrogen and oxygen atoms in total. The summed E-state index contributed by atoms with van der Waals surface area (Å²) in [6, 6.07) is 10.4. The Balaban J connectivity index is 2.30. The number of aryl methyl sites for hydroxylation is 2. The van der Waals surface area contributed by atoms with E-state index in [1.54, 1.807) is 0 Å². The van der Waals surface area contributed by atoms with E-state index in [9.17, 15) is 0 Å². The van der Waals surface area contributed by atoms with Crippen LogP contribution in [0.3, 0.4) is 0 Å². The molecule has 0 aliphatic rings. The summed E-state index contributed by atoms with van der Waals surface area (Å²) in [7, 11) is 0. The molecule has 0 bridgehead atoms. The molecule has 0 fully saturated rings. The molecular weight excluding hydrogens is 314 g/mol. The van der Waals surface area contributed by atoms with E-state index in [1.807, 2.05) is 12.1 Å². The zero-order chi connectivity index (χ0) is 14.8. The molecule has 1 aromatic carbocycles. The van der Waals surface area contributed by atoms with Crippen LogP contribution >= 0.6 is 15.9 Å². The first kappa shape index (κ1) is 15.3. The Morgan fingerprint density at radius 2 is 2.05 bits per heavy atom. The van der Waals surface area contributed by atoms with E-state index in [0.717, 1.165) is 35.1 Å². The maximum atomic E-state index is 6.55. The fourth-order valence-corrected chi connectivity index (χ4v) is 2.83. The minimum Gasteiger partial charge on any atom is -0.321 e. The van der Waals surface area contributed by atoms with Crippen molar-refractivity contribution in [2.45, 2.75) is 45.7 Å². The van der Waals surface area contributed by atoms with Crippen LogP contribution in [0.5, 0.6) is 0 Å². The third kappa shape index (κ3) is 3.30. The third-order valence-corrected chi connectivity index (χ3v) is 4.10. The van der Waals surface area contributed by atoms with E-state index in [0.29, 0.717) is 0 Å². The Kier molecular flexibility index (Phi) is 4.66. The van der Waals surface area contributed by atoms with Gasteiger partial charge in [0.25, 0.3) is 0 Å². The van der Waals surface area contributed by atoms with E-state index in [-0.39, 0.29) is 0 Å². The SMILES string of the molecule is CCc1cc(CC(C)(N)c2cccc(Br)c2)n(CC)n1. The zero-order valence-electron chi connectivity index (χ0n) is 12.4. The van der Waals surface area contributed by atoms with Gasteiger partial charge in [-0.05, 0) is 44.0 Å². The van der Waals surface area contributed by atoms with Crippen LogP contribution in [-0.2, 0) is 24.9 Å². The van der Waals surface area contributed by atoms with Gasteiger partial charge in [-0.25, -0.2) is 0 Å². The Morgan fingerprint density at radius 1 is 1.30 bits per heavy atom. The molecule has 0 aliphatic carbocycles. The second-order valence-corrected chi connectivity index (χ2v) is 6.32. The molecule has 0 spiro atoms. The van der Waals surface area contributed by atoms with E-state index in [2.05, 4.69) is 64.7 Å². The normalized spacial score (nSPS) is 14.2. The molecule has 4 heteroatoms.